The van der Waals surface area contributed by atoms with E-state index in [4.69, 9.17) is 0 Å². The van der Waals surface area contributed by atoms with Crippen LogP contribution in [0.2, 0.25) is 0 Å². The number of carbonyl (C=O) groups excluding carboxylic acids is 1. The Hall–Kier alpha value is -0.220. The molecule has 92 valence electrons. The number of amides is 1. The van der Waals surface area contributed by atoms with Crippen molar-refractivity contribution in [3.05, 3.63) is 0 Å². The normalized spacial score (nSPS) is 34.9. The molecule has 1 heterocycles. The van der Waals surface area contributed by atoms with E-state index in [-0.39, 0.29) is 11.9 Å². The lowest BCUT2D eigenvalue weighted by Gasteiger charge is -2.29. The molecule has 0 aromatic heterocycles. The van der Waals surface area contributed by atoms with Gasteiger partial charge in [0, 0.05) is 11.3 Å². The van der Waals surface area contributed by atoms with Gasteiger partial charge in [-0.25, -0.2) is 0 Å². The highest BCUT2D eigenvalue weighted by atomic mass is 32.2. The lowest BCUT2D eigenvalue weighted by molar-refractivity contribution is -0.123. The van der Waals surface area contributed by atoms with E-state index >= 15 is 0 Å². The molecule has 2 unspecified atom stereocenters. The summed E-state index contributed by atoms with van der Waals surface area (Å²) >= 11 is 1.94. The van der Waals surface area contributed by atoms with E-state index in [0.717, 1.165) is 37.5 Å². The lowest BCUT2D eigenvalue weighted by Crippen LogP contribution is -2.46. The first kappa shape index (κ1) is 12.2. The van der Waals surface area contributed by atoms with Crippen molar-refractivity contribution in [3.8, 4) is 0 Å². The smallest absolute Gasteiger partial charge is 0.237 e. The predicted octanol–water partition coefficient (Wildman–Crippen LogP) is 1.53. The predicted molar refractivity (Wildman–Crippen MR) is 68.7 cm³/mol. The summed E-state index contributed by atoms with van der Waals surface area (Å²) in [7, 11) is 0. The number of nitrogens with one attached hydrogen (secondary N) is 2. The number of thioether (sulfide) groups is 1. The Kier molecular flexibility index (Phi) is 4.53. The molecule has 0 aromatic rings. The van der Waals surface area contributed by atoms with E-state index in [1.807, 2.05) is 11.8 Å². The van der Waals surface area contributed by atoms with Crippen LogP contribution in [0.15, 0.2) is 0 Å². The van der Waals surface area contributed by atoms with E-state index in [0.29, 0.717) is 6.04 Å². The van der Waals surface area contributed by atoms with Gasteiger partial charge in [0.25, 0.3) is 0 Å². The highest BCUT2D eigenvalue weighted by Crippen LogP contribution is 2.27. The van der Waals surface area contributed by atoms with Crippen molar-refractivity contribution in [2.45, 2.75) is 55.9 Å². The van der Waals surface area contributed by atoms with Gasteiger partial charge in [0.15, 0.2) is 0 Å². The molecule has 4 heteroatoms. The number of rotatable bonds is 3. The molecule has 3 nitrogen and oxygen atoms in total. The van der Waals surface area contributed by atoms with Crippen molar-refractivity contribution in [3.63, 3.8) is 0 Å². The van der Waals surface area contributed by atoms with Gasteiger partial charge in [-0.2, -0.15) is 11.8 Å². The number of carbonyl (C=O) groups is 1. The summed E-state index contributed by atoms with van der Waals surface area (Å²) in [4.78, 5) is 11.9. The van der Waals surface area contributed by atoms with Crippen molar-refractivity contribution < 1.29 is 4.79 Å². The highest BCUT2D eigenvalue weighted by Gasteiger charge is 2.27. The quantitative estimate of drug-likeness (QED) is 0.788. The Bertz CT molecular complexity index is 241. The van der Waals surface area contributed by atoms with Crippen LogP contribution in [0.5, 0.6) is 0 Å². The number of hydrogen-bond acceptors (Lipinski definition) is 3. The van der Waals surface area contributed by atoms with Gasteiger partial charge >= 0.3 is 0 Å². The summed E-state index contributed by atoms with van der Waals surface area (Å²) in [6, 6.07) is 0.496. The molecule has 3 atom stereocenters. The summed E-state index contributed by atoms with van der Waals surface area (Å²) in [6.45, 7) is 0.996. The summed E-state index contributed by atoms with van der Waals surface area (Å²) in [5, 5.41) is 7.21. The van der Waals surface area contributed by atoms with E-state index in [1.165, 1.54) is 12.8 Å². The molecule has 1 aliphatic heterocycles. The fraction of sp³-hybridized carbons (Fsp3) is 0.917. The molecule has 1 saturated carbocycles. The molecular formula is C12H22N2OS. The van der Waals surface area contributed by atoms with Crippen LogP contribution in [-0.4, -0.2) is 36.0 Å². The van der Waals surface area contributed by atoms with Crippen molar-refractivity contribution in [2.24, 2.45) is 0 Å². The minimum Gasteiger partial charge on any atom is -0.352 e. The van der Waals surface area contributed by atoms with Gasteiger partial charge in [-0.1, -0.05) is 6.42 Å². The van der Waals surface area contributed by atoms with Gasteiger partial charge < -0.3 is 10.6 Å². The van der Waals surface area contributed by atoms with Crippen LogP contribution in [-0.2, 0) is 4.79 Å². The van der Waals surface area contributed by atoms with Gasteiger partial charge in [0.2, 0.25) is 5.91 Å². The molecule has 1 amide bonds. The molecule has 2 aliphatic rings. The van der Waals surface area contributed by atoms with Crippen molar-refractivity contribution in [1.82, 2.24) is 10.6 Å². The first-order chi connectivity index (χ1) is 7.79. The third kappa shape index (κ3) is 3.14. The van der Waals surface area contributed by atoms with E-state index < -0.39 is 0 Å². The van der Waals surface area contributed by atoms with Crippen LogP contribution in [0.4, 0.5) is 0 Å². The summed E-state index contributed by atoms with van der Waals surface area (Å²) < 4.78 is 0. The molecule has 2 fully saturated rings. The molecular weight excluding hydrogens is 220 g/mol. The monoisotopic (exact) mass is 242 g/mol. The molecule has 16 heavy (non-hydrogen) atoms. The Morgan fingerprint density at radius 1 is 1.31 bits per heavy atom. The van der Waals surface area contributed by atoms with Crippen LogP contribution in [0.1, 0.15) is 38.5 Å². The third-order valence-electron chi connectivity index (χ3n) is 3.68. The second-order valence-corrected chi connectivity index (χ2v) is 6.02. The highest BCUT2D eigenvalue weighted by molar-refractivity contribution is 7.99. The van der Waals surface area contributed by atoms with Crippen LogP contribution in [0.3, 0.4) is 0 Å². The van der Waals surface area contributed by atoms with Crippen molar-refractivity contribution in [2.75, 3.05) is 12.8 Å². The zero-order valence-corrected chi connectivity index (χ0v) is 10.8. The molecule has 0 radical (unpaired) electrons. The van der Waals surface area contributed by atoms with E-state index in [2.05, 4.69) is 16.9 Å². The van der Waals surface area contributed by atoms with Crippen LogP contribution >= 0.6 is 11.8 Å². The van der Waals surface area contributed by atoms with Crippen molar-refractivity contribution in [1.29, 1.82) is 0 Å². The standard InChI is InChI=1S/C12H22N2OS/c1-16-10-5-2-4-9(8-10)14-12(15)11-6-3-7-13-11/h9-11,13H,2-8H2,1H3,(H,14,15)/t9?,10?,11-/m1/s1. The topological polar surface area (TPSA) is 41.1 Å². The first-order valence-corrected chi connectivity index (χ1v) is 7.65. The maximum atomic E-state index is 11.9. The Balaban J connectivity index is 1.77. The molecule has 0 bridgehead atoms. The molecule has 1 aliphatic carbocycles. The van der Waals surface area contributed by atoms with Gasteiger partial charge in [0.1, 0.15) is 0 Å². The molecule has 0 spiro atoms. The summed E-state index contributed by atoms with van der Waals surface area (Å²) in [5.41, 5.74) is 0. The van der Waals surface area contributed by atoms with Crippen LogP contribution in [0, 0.1) is 0 Å². The third-order valence-corrected chi connectivity index (χ3v) is 4.78. The first-order valence-electron chi connectivity index (χ1n) is 6.36. The Morgan fingerprint density at radius 3 is 2.88 bits per heavy atom. The van der Waals surface area contributed by atoms with Gasteiger partial charge in [-0.05, 0) is 44.9 Å². The summed E-state index contributed by atoms with van der Waals surface area (Å²) in [6.07, 6.45) is 9.20. The largest absolute Gasteiger partial charge is 0.352 e. The molecule has 1 saturated heterocycles. The van der Waals surface area contributed by atoms with E-state index in [1.54, 1.807) is 0 Å². The molecule has 0 aromatic carbocycles. The SMILES string of the molecule is CSC1CCCC(NC(=O)[C@H]2CCCN2)C1. The minimum absolute atomic E-state index is 0.0784. The average Bonchev–Trinajstić information content (AvgIpc) is 2.83. The van der Waals surface area contributed by atoms with Crippen LogP contribution in [0.25, 0.3) is 0 Å². The average molecular weight is 242 g/mol. The molecule has 2 N–H and O–H groups in total. The second-order valence-electron chi connectivity index (χ2n) is 4.88. The maximum absolute atomic E-state index is 11.9. The van der Waals surface area contributed by atoms with Gasteiger partial charge in [-0.15, -0.1) is 0 Å². The van der Waals surface area contributed by atoms with Gasteiger partial charge in [0.05, 0.1) is 6.04 Å². The zero-order valence-electron chi connectivity index (χ0n) is 10.00. The summed E-state index contributed by atoms with van der Waals surface area (Å²) in [5.74, 6) is 0.226. The lowest BCUT2D eigenvalue weighted by atomic mass is 9.94. The molecule has 2 rings (SSSR count). The minimum atomic E-state index is 0.0784. The Morgan fingerprint density at radius 2 is 2.19 bits per heavy atom. The Labute approximate surface area is 102 Å². The van der Waals surface area contributed by atoms with Gasteiger partial charge in [-0.3, -0.25) is 4.79 Å². The number of hydrogen-bond donors (Lipinski definition) is 2. The van der Waals surface area contributed by atoms with Crippen LogP contribution < -0.4 is 10.6 Å². The zero-order chi connectivity index (χ0) is 11.4. The fourth-order valence-corrected chi connectivity index (χ4v) is 3.53. The van der Waals surface area contributed by atoms with E-state index in [9.17, 15) is 4.79 Å². The van der Waals surface area contributed by atoms with Crippen molar-refractivity contribution >= 4 is 17.7 Å². The second kappa shape index (κ2) is 5.92. The fourth-order valence-electron chi connectivity index (χ4n) is 2.70. The maximum Gasteiger partial charge on any atom is 0.237 e.